The molecule has 0 radical (unpaired) electrons. The number of thiophene rings is 1. The summed E-state index contributed by atoms with van der Waals surface area (Å²) in [5.74, 6) is -1.24. The fraction of sp³-hybridized carbons (Fsp3) is 0.0833. The van der Waals surface area contributed by atoms with Gasteiger partial charge in [-0.15, -0.1) is 11.3 Å². The molecule has 1 amide bonds. The van der Waals surface area contributed by atoms with Gasteiger partial charge in [0.2, 0.25) is 0 Å². The first-order chi connectivity index (χ1) is 15.1. The monoisotopic (exact) mass is 434 g/mol. The van der Waals surface area contributed by atoms with Gasteiger partial charge in [0.05, 0.1) is 6.61 Å². The summed E-state index contributed by atoms with van der Waals surface area (Å²) >= 11 is 1.22. The summed E-state index contributed by atoms with van der Waals surface area (Å²) < 4.78 is 20.5. The number of nitrogens with zero attached hydrogens (tertiary/aromatic N) is 1. The van der Waals surface area contributed by atoms with Crippen molar-refractivity contribution >= 4 is 28.2 Å². The molecule has 2 aromatic carbocycles. The number of benzene rings is 2. The largest absolute Gasteiger partial charge is 0.462 e. The van der Waals surface area contributed by atoms with Gasteiger partial charge in [0.25, 0.3) is 5.91 Å². The summed E-state index contributed by atoms with van der Waals surface area (Å²) in [5, 5.41) is 4.96. The highest BCUT2D eigenvalue weighted by molar-refractivity contribution is 7.15. The summed E-state index contributed by atoms with van der Waals surface area (Å²) in [6, 6.07) is 16.8. The van der Waals surface area contributed by atoms with Gasteiger partial charge in [0, 0.05) is 34.6 Å². The average Bonchev–Trinajstić information content (AvgIpc) is 3.45. The Labute approximate surface area is 182 Å². The van der Waals surface area contributed by atoms with E-state index in [0.29, 0.717) is 21.7 Å². The molecular weight excluding hydrogens is 415 g/mol. The van der Waals surface area contributed by atoms with Crippen molar-refractivity contribution in [2.24, 2.45) is 0 Å². The van der Waals surface area contributed by atoms with Crippen LogP contribution in [0.5, 0.6) is 0 Å². The van der Waals surface area contributed by atoms with E-state index in [0.717, 1.165) is 5.69 Å². The van der Waals surface area contributed by atoms with E-state index in [2.05, 4.69) is 5.32 Å². The number of amides is 1. The van der Waals surface area contributed by atoms with Crippen LogP contribution in [0.15, 0.2) is 78.4 Å². The zero-order chi connectivity index (χ0) is 21.8. The van der Waals surface area contributed by atoms with Crippen LogP contribution >= 0.6 is 11.3 Å². The lowest BCUT2D eigenvalue weighted by Gasteiger charge is -2.09. The number of esters is 1. The van der Waals surface area contributed by atoms with Gasteiger partial charge in [-0.2, -0.15) is 0 Å². The second-order valence-electron chi connectivity index (χ2n) is 6.67. The summed E-state index contributed by atoms with van der Waals surface area (Å²) in [7, 11) is 0. The van der Waals surface area contributed by atoms with Crippen LogP contribution in [0.4, 0.5) is 9.39 Å². The molecule has 5 nitrogen and oxygen atoms in total. The second-order valence-corrected chi connectivity index (χ2v) is 7.55. The molecule has 0 aliphatic rings. The Hall–Kier alpha value is -3.71. The maximum atomic E-state index is 13.3. The predicted molar refractivity (Wildman–Crippen MR) is 119 cm³/mol. The van der Waals surface area contributed by atoms with E-state index in [9.17, 15) is 14.0 Å². The third-order valence-corrected chi connectivity index (χ3v) is 5.58. The van der Waals surface area contributed by atoms with E-state index < -0.39 is 5.97 Å². The Kier molecular flexibility index (Phi) is 5.95. The minimum atomic E-state index is -0.540. The molecule has 7 heteroatoms. The number of rotatable bonds is 6. The Balaban J connectivity index is 1.62. The lowest BCUT2D eigenvalue weighted by Crippen LogP contribution is -2.15. The standard InChI is InChI=1S/C24H19FN2O3S/c1-2-30-24(29)21-20(16-5-9-18(25)10-6-16)15-31-23(21)26-22(28)17-7-11-19(12-8-17)27-13-3-4-14-27/h3-15H,2H2,1H3,(H,26,28). The molecule has 0 saturated carbocycles. The van der Waals surface area contributed by atoms with Crippen LogP contribution in [0.2, 0.25) is 0 Å². The quantitative estimate of drug-likeness (QED) is 0.392. The van der Waals surface area contributed by atoms with Gasteiger partial charge in [-0.25, -0.2) is 9.18 Å². The fourth-order valence-electron chi connectivity index (χ4n) is 3.16. The summed E-state index contributed by atoms with van der Waals surface area (Å²) in [6.45, 7) is 1.91. The van der Waals surface area contributed by atoms with Gasteiger partial charge in [0.15, 0.2) is 0 Å². The van der Waals surface area contributed by atoms with Crippen molar-refractivity contribution in [1.82, 2.24) is 4.57 Å². The average molecular weight is 434 g/mol. The number of carbonyl (C=O) groups is 2. The van der Waals surface area contributed by atoms with E-state index >= 15 is 0 Å². The molecule has 0 bridgehead atoms. The third kappa shape index (κ3) is 4.41. The number of anilines is 1. The molecule has 0 atom stereocenters. The van der Waals surface area contributed by atoms with E-state index in [-0.39, 0.29) is 23.9 Å². The van der Waals surface area contributed by atoms with Crippen molar-refractivity contribution in [3.05, 3.63) is 95.4 Å². The lowest BCUT2D eigenvalue weighted by atomic mass is 10.0. The van der Waals surface area contributed by atoms with Crippen molar-refractivity contribution in [3.63, 3.8) is 0 Å². The van der Waals surface area contributed by atoms with E-state index in [1.165, 1.54) is 23.5 Å². The highest BCUT2D eigenvalue weighted by Crippen LogP contribution is 2.36. The van der Waals surface area contributed by atoms with Crippen LogP contribution in [-0.4, -0.2) is 23.1 Å². The summed E-state index contributed by atoms with van der Waals surface area (Å²) in [5.41, 5.74) is 2.90. The molecule has 0 aliphatic carbocycles. The van der Waals surface area contributed by atoms with Crippen LogP contribution in [0.1, 0.15) is 27.6 Å². The van der Waals surface area contributed by atoms with Gasteiger partial charge in [-0.05, 0) is 61.0 Å². The Morgan fingerprint density at radius 3 is 2.35 bits per heavy atom. The van der Waals surface area contributed by atoms with Crippen LogP contribution in [-0.2, 0) is 4.74 Å². The van der Waals surface area contributed by atoms with Crippen LogP contribution in [0.25, 0.3) is 16.8 Å². The highest BCUT2D eigenvalue weighted by Gasteiger charge is 2.23. The molecule has 31 heavy (non-hydrogen) atoms. The van der Waals surface area contributed by atoms with Gasteiger partial charge < -0.3 is 14.6 Å². The first-order valence-electron chi connectivity index (χ1n) is 9.66. The van der Waals surface area contributed by atoms with Crippen LogP contribution in [0, 0.1) is 5.82 Å². The van der Waals surface area contributed by atoms with Gasteiger partial charge >= 0.3 is 5.97 Å². The van der Waals surface area contributed by atoms with Crippen molar-refractivity contribution in [1.29, 1.82) is 0 Å². The number of carbonyl (C=O) groups excluding carboxylic acids is 2. The number of ether oxygens (including phenoxy) is 1. The molecule has 2 heterocycles. The van der Waals surface area contributed by atoms with Crippen LogP contribution in [0.3, 0.4) is 0 Å². The molecule has 0 fully saturated rings. The molecule has 2 aromatic heterocycles. The summed E-state index contributed by atoms with van der Waals surface area (Å²) in [6.07, 6.45) is 3.84. The zero-order valence-corrected chi connectivity index (χ0v) is 17.5. The maximum Gasteiger partial charge on any atom is 0.341 e. The van der Waals surface area contributed by atoms with Gasteiger partial charge in [-0.1, -0.05) is 12.1 Å². The molecule has 0 spiro atoms. The molecule has 0 aliphatic heterocycles. The minimum Gasteiger partial charge on any atom is -0.462 e. The Bertz CT molecular complexity index is 1200. The van der Waals surface area contributed by atoms with E-state index in [1.807, 2.05) is 41.2 Å². The zero-order valence-electron chi connectivity index (χ0n) is 16.7. The second kappa shape index (κ2) is 8.97. The highest BCUT2D eigenvalue weighted by atomic mass is 32.1. The fourth-order valence-corrected chi connectivity index (χ4v) is 4.12. The first-order valence-corrected chi connectivity index (χ1v) is 10.5. The normalized spacial score (nSPS) is 10.6. The number of nitrogens with one attached hydrogen (secondary N) is 1. The molecule has 4 rings (SSSR count). The van der Waals surface area contributed by atoms with Gasteiger partial charge in [0.1, 0.15) is 16.4 Å². The molecule has 0 saturated heterocycles. The number of hydrogen-bond acceptors (Lipinski definition) is 4. The smallest absolute Gasteiger partial charge is 0.341 e. The Morgan fingerprint density at radius 1 is 1.03 bits per heavy atom. The van der Waals surface area contributed by atoms with Gasteiger partial charge in [-0.3, -0.25) is 4.79 Å². The molecule has 1 N–H and O–H groups in total. The predicted octanol–water partition coefficient (Wildman–Crippen LogP) is 5.77. The lowest BCUT2D eigenvalue weighted by molar-refractivity contribution is 0.0529. The maximum absolute atomic E-state index is 13.3. The Morgan fingerprint density at radius 2 is 1.71 bits per heavy atom. The van der Waals surface area contributed by atoms with Crippen molar-refractivity contribution in [2.75, 3.05) is 11.9 Å². The van der Waals surface area contributed by atoms with Crippen molar-refractivity contribution in [2.45, 2.75) is 6.92 Å². The molecule has 156 valence electrons. The van der Waals surface area contributed by atoms with E-state index in [1.54, 1.807) is 36.6 Å². The number of halogens is 1. The first kappa shape index (κ1) is 20.6. The minimum absolute atomic E-state index is 0.200. The molecule has 0 unspecified atom stereocenters. The SMILES string of the molecule is CCOC(=O)c1c(-c2ccc(F)cc2)csc1NC(=O)c1ccc(-n2cccc2)cc1. The number of aromatic nitrogens is 1. The topological polar surface area (TPSA) is 60.3 Å². The molecular formula is C24H19FN2O3S. The third-order valence-electron chi connectivity index (χ3n) is 4.68. The molecule has 4 aromatic rings. The van der Waals surface area contributed by atoms with E-state index in [4.69, 9.17) is 4.74 Å². The van der Waals surface area contributed by atoms with Crippen molar-refractivity contribution < 1.29 is 18.7 Å². The number of hydrogen-bond donors (Lipinski definition) is 1. The van der Waals surface area contributed by atoms with Crippen LogP contribution < -0.4 is 5.32 Å². The summed E-state index contributed by atoms with van der Waals surface area (Å²) in [4.78, 5) is 25.5. The van der Waals surface area contributed by atoms with Crippen molar-refractivity contribution in [3.8, 4) is 16.8 Å².